The Morgan fingerprint density at radius 3 is 2.26 bits per heavy atom. The van der Waals surface area contributed by atoms with Crippen LogP contribution in [0.5, 0.6) is 0 Å². The molecule has 0 aliphatic heterocycles. The first-order chi connectivity index (χ1) is 11.0. The first-order valence-corrected chi connectivity index (χ1v) is 7.58. The number of anilines is 3. The lowest BCUT2D eigenvalue weighted by molar-refractivity contribution is -0.310. The number of carbonyl (C=O) groups is 1. The molecule has 0 bridgehead atoms. The molecule has 0 saturated heterocycles. The molecule has 1 unspecified atom stereocenters. The standard InChI is InChI=1S/C17H19N3O2S/c1-12(16(21)22)11-20(17(18)23)15-9-7-14(8-10-15)19-13-5-3-2-4-6-13/h2-10,12,19H,11H2,1H3,(H2,18,23)(H,21,22)/p-1. The van der Waals surface area contributed by atoms with E-state index in [0.29, 0.717) is 0 Å². The smallest absolute Gasteiger partial charge is 0.170 e. The molecule has 6 heteroatoms. The number of nitrogens with two attached hydrogens (primary N) is 1. The SMILES string of the molecule is CC(CN(C(N)=S)c1ccc(Nc2ccccc2)cc1)C(=O)[O-]. The molecule has 0 spiro atoms. The summed E-state index contributed by atoms with van der Waals surface area (Å²) in [6.07, 6.45) is 0. The van der Waals surface area contributed by atoms with Crippen LogP contribution >= 0.6 is 12.2 Å². The quantitative estimate of drug-likeness (QED) is 0.788. The van der Waals surface area contributed by atoms with Crippen LogP contribution in [0.25, 0.3) is 0 Å². The Morgan fingerprint density at radius 2 is 1.74 bits per heavy atom. The molecule has 0 aliphatic rings. The van der Waals surface area contributed by atoms with Crippen LogP contribution in [-0.2, 0) is 4.79 Å². The second-order valence-electron chi connectivity index (χ2n) is 5.21. The fraction of sp³-hybridized carbons (Fsp3) is 0.176. The molecular weight excluding hydrogens is 310 g/mol. The third kappa shape index (κ3) is 4.69. The number of carboxylic acids is 1. The van der Waals surface area contributed by atoms with Gasteiger partial charge in [-0.1, -0.05) is 25.1 Å². The molecule has 1 atom stereocenters. The van der Waals surface area contributed by atoms with Crippen LogP contribution in [0.1, 0.15) is 6.92 Å². The Hall–Kier alpha value is -2.60. The Labute approximate surface area is 140 Å². The molecule has 2 aromatic carbocycles. The number of aliphatic carboxylic acids is 1. The van der Waals surface area contributed by atoms with Crippen molar-refractivity contribution in [2.45, 2.75) is 6.92 Å². The van der Waals surface area contributed by atoms with Crippen molar-refractivity contribution in [1.29, 1.82) is 0 Å². The van der Waals surface area contributed by atoms with Crippen molar-refractivity contribution in [3.8, 4) is 0 Å². The van der Waals surface area contributed by atoms with Crippen molar-refractivity contribution in [1.82, 2.24) is 0 Å². The molecule has 23 heavy (non-hydrogen) atoms. The molecule has 0 fully saturated rings. The van der Waals surface area contributed by atoms with Crippen molar-refractivity contribution >= 4 is 40.4 Å². The zero-order valence-corrected chi connectivity index (χ0v) is 13.5. The Morgan fingerprint density at radius 1 is 1.17 bits per heavy atom. The van der Waals surface area contributed by atoms with Crippen LogP contribution in [0.15, 0.2) is 54.6 Å². The van der Waals surface area contributed by atoms with Crippen LogP contribution < -0.4 is 21.1 Å². The molecule has 2 rings (SSSR count). The number of hydrogen-bond acceptors (Lipinski definition) is 4. The normalized spacial score (nSPS) is 11.5. The average Bonchev–Trinajstić information content (AvgIpc) is 2.54. The number of nitrogens with zero attached hydrogens (tertiary/aromatic N) is 1. The molecule has 0 aromatic heterocycles. The minimum atomic E-state index is -1.13. The lowest BCUT2D eigenvalue weighted by atomic mass is 10.1. The van der Waals surface area contributed by atoms with Gasteiger partial charge in [0.2, 0.25) is 0 Å². The van der Waals surface area contributed by atoms with Crippen LogP contribution in [0, 0.1) is 5.92 Å². The van der Waals surface area contributed by atoms with Gasteiger partial charge in [-0.2, -0.15) is 0 Å². The van der Waals surface area contributed by atoms with Crippen LogP contribution in [-0.4, -0.2) is 17.6 Å². The summed E-state index contributed by atoms with van der Waals surface area (Å²) in [4.78, 5) is 12.5. The first-order valence-electron chi connectivity index (χ1n) is 7.17. The molecule has 120 valence electrons. The van der Waals surface area contributed by atoms with Crippen molar-refractivity contribution in [3.05, 3.63) is 54.6 Å². The van der Waals surface area contributed by atoms with Gasteiger partial charge in [0.25, 0.3) is 0 Å². The van der Waals surface area contributed by atoms with E-state index in [9.17, 15) is 9.90 Å². The number of nitrogens with one attached hydrogen (secondary N) is 1. The number of para-hydroxylation sites is 1. The first kappa shape index (κ1) is 16.8. The highest BCUT2D eigenvalue weighted by Gasteiger charge is 2.14. The lowest BCUT2D eigenvalue weighted by Gasteiger charge is -2.27. The highest BCUT2D eigenvalue weighted by Crippen LogP contribution is 2.22. The molecule has 0 amide bonds. The minimum absolute atomic E-state index is 0.127. The Kier molecular flexibility index (Phi) is 5.54. The third-order valence-electron chi connectivity index (χ3n) is 3.37. The second-order valence-corrected chi connectivity index (χ2v) is 5.63. The van der Waals surface area contributed by atoms with Crippen molar-refractivity contribution in [2.24, 2.45) is 11.7 Å². The van der Waals surface area contributed by atoms with E-state index in [1.807, 2.05) is 54.6 Å². The number of benzene rings is 2. The number of carbonyl (C=O) groups excluding carboxylic acids is 1. The summed E-state index contributed by atoms with van der Waals surface area (Å²) in [5, 5.41) is 14.3. The Bertz CT molecular complexity index is 674. The van der Waals surface area contributed by atoms with Crippen LogP contribution in [0.3, 0.4) is 0 Å². The van der Waals surface area contributed by atoms with Crippen molar-refractivity contribution < 1.29 is 9.90 Å². The second kappa shape index (κ2) is 7.60. The summed E-state index contributed by atoms with van der Waals surface area (Å²) in [5.74, 6) is -1.81. The lowest BCUT2D eigenvalue weighted by Crippen LogP contribution is -2.43. The summed E-state index contributed by atoms with van der Waals surface area (Å²) >= 11 is 5.02. The third-order valence-corrected chi connectivity index (χ3v) is 3.59. The maximum absolute atomic E-state index is 10.9. The molecule has 5 nitrogen and oxygen atoms in total. The van der Waals surface area contributed by atoms with E-state index in [1.165, 1.54) is 0 Å². The van der Waals surface area contributed by atoms with E-state index in [2.05, 4.69) is 5.32 Å². The van der Waals surface area contributed by atoms with Gasteiger partial charge in [0.15, 0.2) is 5.11 Å². The highest BCUT2D eigenvalue weighted by molar-refractivity contribution is 7.80. The number of thiocarbonyl (C=S) groups is 1. The van der Waals surface area contributed by atoms with Gasteiger partial charge in [-0.3, -0.25) is 0 Å². The fourth-order valence-corrected chi connectivity index (χ4v) is 2.26. The van der Waals surface area contributed by atoms with E-state index < -0.39 is 11.9 Å². The molecule has 0 heterocycles. The minimum Gasteiger partial charge on any atom is -0.550 e. The van der Waals surface area contributed by atoms with Crippen molar-refractivity contribution in [3.63, 3.8) is 0 Å². The summed E-state index contributed by atoms with van der Waals surface area (Å²) < 4.78 is 0. The topological polar surface area (TPSA) is 81.4 Å². The average molecular weight is 328 g/mol. The van der Waals surface area contributed by atoms with Crippen LogP contribution in [0.4, 0.5) is 17.1 Å². The summed E-state index contributed by atoms with van der Waals surface area (Å²) in [6, 6.07) is 17.2. The monoisotopic (exact) mass is 328 g/mol. The molecule has 3 N–H and O–H groups in total. The maximum atomic E-state index is 10.9. The molecule has 2 aromatic rings. The predicted octanol–water partition coefficient (Wildman–Crippen LogP) is 1.87. The molecule has 0 aliphatic carbocycles. The van der Waals surface area contributed by atoms with Gasteiger partial charge in [-0.25, -0.2) is 0 Å². The summed E-state index contributed by atoms with van der Waals surface area (Å²) in [7, 11) is 0. The summed E-state index contributed by atoms with van der Waals surface area (Å²) in [5.41, 5.74) is 8.34. The van der Waals surface area contributed by atoms with Gasteiger partial charge < -0.3 is 25.9 Å². The largest absolute Gasteiger partial charge is 0.550 e. The highest BCUT2D eigenvalue weighted by atomic mass is 32.1. The van der Waals surface area contributed by atoms with E-state index in [0.717, 1.165) is 17.1 Å². The van der Waals surface area contributed by atoms with E-state index in [1.54, 1.807) is 11.8 Å². The maximum Gasteiger partial charge on any atom is 0.170 e. The van der Waals surface area contributed by atoms with Gasteiger partial charge in [0.1, 0.15) is 0 Å². The molecular formula is C17H18N3O2S-. The van der Waals surface area contributed by atoms with E-state index >= 15 is 0 Å². The predicted molar refractivity (Wildman–Crippen MR) is 94.5 cm³/mol. The van der Waals surface area contributed by atoms with Gasteiger partial charge in [0.05, 0.1) is 0 Å². The summed E-state index contributed by atoms with van der Waals surface area (Å²) in [6.45, 7) is 1.73. The van der Waals surface area contributed by atoms with Gasteiger partial charge in [-0.15, -0.1) is 0 Å². The number of hydrogen-bond donors (Lipinski definition) is 2. The number of rotatable bonds is 6. The molecule has 0 radical (unpaired) electrons. The van der Waals surface area contributed by atoms with Crippen molar-refractivity contribution in [2.75, 3.05) is 16.8 Å². The van der Waals surface area contributed by atoms with Gasteiger partial charge in [0, 0.05) is 35.5 Å². The van der Waals surface area contributed by atoms with E-state index in [-0.39, 0.29) is 11.7 Å². The zero-order valence-electron chi connectivity index (χ0n) is 12.7. The van der Waals surface area contributed by atoms with Crippen LogP contribution in [0.2, 0.25) is 0 Å². The van der Waals surface area contributed by atoms with Gasteiger partial charge >= 0.3 is 0 Å². The fourth-order valence-electron chi connectivity index (χ4n) is 2.08. The molecule has 0 saturated carbocycles. The number of carboxylic acid groups (broad SMARTS) is 1. The zero-order chi connectivity index (χ0) is 16.8. The van der Waals surface area contributed by atoms with Gasteiger partial charge in [-0.05, 0) is 48.6 Å². The Balaban J connectivity index is 2.12. The van der Waals surface area contributed by atoms with E-state index in [4.69, 9.17) is 18.0 Å².